The fraction of sp³-hybridized carbons (Fsp3) is 0.588. The van der Waals surface area contributed by atoms with Gasteiger partial charge in [-0.1, -0.05) is 25.8 Å². The van der Waals surface area contributed by atoms with Crippen LogP contribution in [0.3, 0.4) is 0 Å². The molecule has 0 unspecified atom stereocenters. The second-order valence-corrected chi connectivity index (χ2v) is 5.69. The molecule has 1 atom stereocenters. The van der Waals surface area contributed by atoms with Crippen molar-refractivity contribution in [1.29, 1.82) is 0 Å². The normalized spacial score (nSPS) is 17.1. The molecule has 2 rings (SSSR count). The molecular formula is C17H23FO2. The van der Waals surface area contributed by atoms with Crippen LogP contribution in [0.5, 0.6) is 0 Å². The van der Waals surface area contributed by atoms with Gasteiger partial charge in [-0.25, -0.2) is 4.39 Å². The molecule has 0 heterocycles. The number of aryl methyl sites for hydroxylation is 1. The van der Waals surface area contributed by atoms with Crippen LogP contribution in [0.1, 0.15) is 56.1 Å². The molecule has 0 aromatic heterocycles. The fourth-order valence-electron chi connectivity index (χ4n) is 3.18. The minimum Gasteiger partial charge on any atom is -0.465 e. The number of rotatable bonds is 5. The lowest BCUT2D eigenvalue weighted by Crippen LogP contribution is -2.19. The van der Waals surface area contributed by atoms with E-state index in [0.717, 1.165) is 11.1 Å². The van der Waals surface area contributed by atoms with E-state index in [1.807, 2.05) is 13.0 Å². The summed E-state index contributed by atoms with van der Waals surface area (Å²) in [6.07, 6.45) is 5.22. The molecule has 110 valence electrons. The second kappa shape index (κ2) is 6.87. The highest BCUT2D eigenvalue weighted by molar-refractivity contribution is 5.68. The van der Waals surface area contributed by atoms with Gasteiger partial charge in [0.2, 0.25) is 0 Å². The first-order valence-electron chi connectivity index (χ1n) is 7.53. The van der Waals surface area contributed by atoms with E-state index in [1.165, 1.54) is 31.7 Å². The largest absolute Gasteiger partial charge is 0.465 e. The third-order valence-electron chi connectivity index (χ3n) is 4.31. The summed E-state index contributed by atoms with van der Waals surface area (Å²) in [6.45, 7) is 4.15. The van der Waals surface area contributed by atoms with Crippen molar-refractivity contribution < 1.29 is 13.9 Å². The van der Waals surface area contributed by atoms with Crippen LogP contribution in [0.25, 0.3) is 0 Å². The van der Waals surface area contributed by atoms with Crippen molar-refractivity contribution in [2.24, 2.45) is 5.92 Å². The van der Waals surface area contributed by atoms with Crippen LogP contribution in [0, 0.1) is 18.7 Å². The summed E-state index contributed by atoms with van der Waals surface area (Å²) in [5, 5.41) is 0. The number of esters is 1. The van der Waals surface area contributed by atoms with Crippen LogP contribution in [0.15, 0.2) is 18.2 Å². The molecule has 3 heteroatoms. The molecule has 0 spiro atoms. The van der Waals surface area contributed by atoms with Crippen LogP contribution in [0.4, 0.5) is 4.39 Å². The third-order valence-corrected chi connectivity index (χ3v) is 4.31. The topological polar surface area (TPSA) is 26.3 Å². The molecule has 0 radical (unpaired) electrons. The van der Waals surface area contributed by atoms with Gasteiger partial charge in [-0.05, 0) is 48.9 Å². The fourth-order valence-corrected chi connectivity index (χ4v) is 3.18. The predicted octanol–water partition coefficient (Wildman–Crippen LogP) is 4.36. The van der Waals surface area contributed by atoms with Crippen LogP contribution in [0.2, 0.25) is 0 Å². The van der Waals surface area contributed by atoms with Gasteiger partial charge in [-0.15, -0.1) is 0 Å². The Morgan fingerprint density at radius 2 is 2.10 bits per heavy atom. The Balaban J connectivity index is 2.18. The van der Waals surface area contributed by atoms with Crippen LogP contribution >= 0.6 is 0 Å². The van der Waals surface area contributed by atoms with Crippen molar-refractivity contribution in [2.45, 2.75) is 51.9 Å². The molecule has 1 aromatic carbocycles. The average molecular weight is 278 g/mol. The number of hydrogen-bond donors (Lipinski definition) is 0. The van der Waals surface area contributed by atoms with E-state index < -0.39 is 0 Å². The lowest BCUT2D eigenvalue weighted by molar-refractivity contribution is -0.144. The van der Waals surface area contributed by atoms with Crippen molar-refractivity contribution in [3.8, 4) is 0 Å². The lowest BCUT2D eigenvalue weighted by Gasteiger charge is -2.25. The zero-order valence-electron chi connectivity index (χ0n) is 12.3. The molecule has 1 saturated carbocycles. The van der Waals surface area contributed by atoms with Crippen molar-refractivity contribution >= 4 is 5.97 Å². The molecule has 1 fully saturated rings. The second-order valence-electron chi connectivity index (χ2n) is 5.69. The number of carbonyl (C=O) groups excluding carboxylic acids is 1. The summed E-state index contributed by atoms with van der Waals surface area (Å²) in [4.78, 5) is 11.4. The molecule has 0 N–H and O–H groups in total. The van der Waals surface area contributed by atoms with E-state index in [0.29, 0.717) is 18.9 Å². The number of ether oxygens (including phenoxy) is 1. The highest BCUT2D eigenvalue weighted by Crippen LogP contribution is 2.38. The Morgan fingerprint density at radius 3 is 2.70 bits per heavy atom. The van der Waals surface area contributed by atoms with Gasteiger partial charge in [0, 0.05) is 12.3 Å². The quantitative estimate of drug-likeness (QED) is 0.748. The van der Waals surface area contributed by atoms with Crippen molar-refractivity contribution in [3.63, 3.8) is 0 Å². The number of halogens is 1. The Bertz CT molecular complexity index is 464. The molecule has 2 nitrogen and oxygen atoms in total. The molecular weight excluding hydrogens is 255 g/mol. The molecule has 0 saturated heterocycles. The first-order valence-corrected chi connectivity index (χ1v) is 7.53. The number of benzene rings is 1. The van der Waals surface area contributed by atoms with Gasteiger partial charge in [-0.3, -0.25) is 4.79 Å². The summed E-state index contributed by atoms with van der Waals surface area (Å²) >= 11 is 0. The van der Waals surface area contributed by atoms with E-state index in [2.05, 4.69) is 0 Å². The van der Waals surface area contributed by atoms with Crippen LogP contribution < -0.4 is 0 Å². The summed E-state index contributed by atoms with van der Waals surface area (Å²) in [6, 6.07) is 4.93. The van der Waals surface area contributed by atoms with Crippen LogP contribution in [-0.2, 0) is 9.53 Å². The van der Waals surface area contributed by atoms with Gasteiger partial charge in [0.25, 0.3) is 0 Å². The van der Waals surface area contributed by atoms with E-state index in [-0.39, 0.29) is 17.7 Å². The van der Waals surface area contributed by atoms with Crippen molar-refractivity contribution in [2.75, 3.05) is 6.61 Å². The molecule has 1 aromatic rings. The minimum atomic E-state index is -0.207. The summed E-state index contributed by atoms with van der Waals surface area (Å²) < 4.78 is 18.6. The van der Waals surface area contributed by atoms with E-state index in [4.69, 9.17) is 4.74 Å². The Hall–Kier alpha value is -1.38. The number of carbonyl (C=O) groups is 1. The van der Waals surface area contributed by atoms with E-state index in [1.54, 1.807) is 13.0 Å². The summed E-state index contributed by atoms with van der Waals surface area (Å²) in [5.74, 6) is 0.382. The predicted molar refractivity (Wildman–Crippen MR) is 77.1 cm³/mol. The smallest absolute Gasteiger partial charge is 0.305 e. The summed E-state index contributed by atoms with van der Waals surface area (Å²) in [5.41, 5.74) is 2.08. The Labute approximate surface area is 120 Å². The van der Waals surface area contributed by atoms with Gasteiger partial charge in [0.05, 0.1) is 6.61 Å². The molecule has 0 aliphatic heterocycles. The van der Waals surface area contributed by atoms with Gasteiger partial charge in [-0.2, -0.15) is 0 Å². The van der Waals surface area contributed by atoms with Gasteiger partial charge < -0.3 is 4.74 Å². The zero-order chi connectivity index (χ0) is 14.5. The maximum Gasteiger partial charge on any atom is 0.305 e. The standard InChI is InChI=1S/C17H23FO2/c1-3-17(19)20-11-16(13-6-4-5-7-13)15-9-8-14(18)10-12(15)2/h8-10,13,16H,3-7,11H2,1-2H3/t16-/m0/s1. The Morgan fingerprint density at radius 1 is 1.40 bits per heavy atom. The number of hydrogen-bond acceptors (Lipinski definition) is 2. The van der Waals surface area contributed by atoms with E-state index in [9.17, 15) is 9.18 Å². The lowest BCUT2D eigenvalue weighted by atomic mass is 9.83. The van der Waals surface area contributed by atoms with Gasteiger partial charge in [0.1, 0.15) is 5.82 Å². The monoisotopic (exact) mass is 278 g/mol. The first-order chi connectivity index (χ1) is 9.61. The van der Waals surface area contributed by atoms with Gasteiger partial charge in [0.15, 0.2) is 0 Å². The molecule has 1 aliphatic carbocycles. The molecule has 20 heavy (non-hydrogen) atoms. The average Bonchev–Trinajstić information content (AvgIpc) is 2.94. The third kappa shape index (κ3) is 3.59. The maximum absolute atomic E-state index is 13.3. The zero-order valence-corrected chi connectivity index (χ0v) is 12.3. The maximum atomic E-state index is 13.3. The highest BCUT2D eigenvalue weighted by Gasteiger charge is 2.28. The highest BCUT2D eigenvalue weighted by atomic mass is 19.1. The van der Waals surface area contributed by atoms with Crippen molar-refractivity contribution in [1.82, 2.24) is 0 Å². The first kappa shape index (κ1) is 15.0. The SMILES string of the molecule is CCC(=O)OC[C@H](c1ccc(F)cc1C)C1CCCC1. The summed E-state index contributed by atoms with van der Waals surface area (Å²) in [7, 11) is 0. The van der Waals surface area contributed by atoms with Crippen LogP contribution in [-0.4, -0.2) is 12.6 Å². The molecule has 0 amide bonds. The Kier molecular flexibility index (Phi) is 5.16. The van der Waals surface area contributed by atoms with E-state index >= 15 is 0 Å². The van der Waals surface area contributed by atoms with Gasteiger partial charge >= 0.3 is 5.97 Å². The molecule has 1 aliphatic rings. The minimum absolute atomic E-state index is 0.159. The molecule has 0 bridgehead atoms. The van der Waals surface area contributed by atoms with Crippen molar-refractivity contribution in [3.05, 3.63) is 35.1 Å².